The van der Waals surface area contributed by atoms with Gasteiger partial charge in [-0.15, -0.1) is 0 Å². The molecule has 1 fully saturated rings. The Morgan fingerprint density at radius 1 is 1.30 bits per heavy atom. The Labute approximate surface area is 117 Å². The van der Waals surface area contributed by atoms with Crippen LogP contribution in [0.4, 0.5) is 4.79 Å². The number of alkyl carbamates (subject to hydrolysis) is 1. The quantitative estimate of drug-likeness (QED) is 0.695. The van der Waals surface area contributed by atoms with Gasteiger partial charge in [0, 0.05) is 12.6 Å². The second-order valence-corrected chi connectivity index (χ2v) is 4.78. The number of carboxylic acids is 1. The van der Waals surface area contributed by atoms with Crippen molar-refractivity contribution in [2.24, 2.45) is 0 Å². The highest BCUT2D eigenvalue weighted by Gasteiger charge is 2.26. The number of aliphatic carboxylic acids is 1. The summed E-state index contributed by atoms with van der Waals surface area (Å²) in [4.78, 5) is 22.6. The topological polar surface area (TPSA) is 87.7 Å². The van der Waals surface area contributed by atoms with Crippen LogP contribution >= 0.6 is 0 Å². The molecule has 1 saturated carbocycles. The van der Waals surface area contributed by atoms with E-state index in [0.29, 0.717) is 6.04 Å². The van der Waals surface area contributed by atoms with Crippen molar-refractivity contribution < 1.29 is 19.4 Å². The molecule has 0 bridgehead atoms. The van der Waals surface area contributed by atoms with E-state index in [9.17, 15) is 9.59 Å². The molecule has 1 aromatic rings. The Hall–Kier alpha value is -2.08. The van der Waals surface area contributed by atoms with Gasteiger partial charge in [-0.2, -0.15) is 0 Å². The lowest BCUT2D eigenvalue weighted by Gasteiger charge is -2.15. The zero-order chi connectivity index (χ0) is 14.4. The highest BCUT2D eigenvalue weighted by molar-refractivity contribution is 5.80. The van der Waals surface area contributed by atoms with Crippen LogP contribution in [-0.2, 0) is 16.1 Å². The Kier molecular flexibility index (Phi) is 4.95. The van der Waals surface area contributed by atoms with Gasteiger partial charge in [-0.05, 0) is 18.4 Å². The van der Waals surface area contributed by atoms with E-state index >= 15 is 0 Å². The first kappa shape index (κ1) is 14.3. The Balaban J connectivity index is 1.74. The second-order valence-electron chi connectivity index (χ2n) is 4.78. The standard InChI is InChI=1S/C14H18N2O4/c17-13(18)12(8-15-11-6-7-11)16-14(19)20-9-10-4-2-1-3-5-10/h1-5,11-12,15H,6-9H2,(H,16,19)(H,17,18). The molecule has 1 aliphatic rings. The number of carboxylic acid groups (broad SMARTS) is 1. The lowest BCUT2D eigenvalue weighted by molar-refractivity contribution is -0.139. The fraction of sp³-hybridized carbons (Fsp3) is 0.429. The van der Waals surface area contributed by atoms with E-state index in [1.165, 1.54) is 0 Å². The van der Waals surface area contributed by atoms with Crippen LogP contribution in [0.3, 0.4) is 0 Å². The molecule has 0 radical (unpaired) electrons. The molecule has 1 aliphatic carbocycles. The van der Waals surface area contributed by atoms with E-state index in [1.54, 1.807) is 0 Å². The van der Waals surface area contributed by atoms with E-state index in [-0.39, 0.29) is 13.2 Å². The lowest BCUT2D eigenvalue weighted by atomic mass is 10.2. The van der Waals surface area contributed by atoms with Crippen molar-refractivity contribution in [3.8, 4) is 0 Å². The zero-order valence-corrected chi connectivity index (χ0v) is 11.0. The summed E-state index contributed by atoms with van der Waals surface area (Å²) in [7, 11) is 0. The largest absolute Gasteiger partial charge is 0.480 e. The summed E-state index contributed by atoms with van der Waals surface area (Å²) < 4.78 is 4.99. The molecule has 1 aromatic carbocycles. The van der Waals surface area contributed by atoms with Crippen molar-refractivity contribution in [1.82, 2.24) is 10.6 Å². The van der Waals surface area contributed by atoms with Crippen LogP contribution in [0.15, 0.2) is 30.3 Å². The third-order valence-electron chi connectivity index (χ3n) is 2.99. The van der Waals surface area contributed by atoms with E-state index < -0.39 is 18.1 Å². The Morgan fingerprint density at radius 3 is 2.60 bits per heavy atom. The molecule has 0 aromatic heterocycles. The predicted octanol–water partition coefficient (Wildman–Crippen LogP) is 1.12. The maximum absolute atomic E-state index is 11.6. The number of carbonyl (C=O) groups is 2. The van der Waals surface area contributed by atoms with Crippen molar-refractivity contribution in [1.29, 1.82) is 0 Å². The molecule has 1 atom stereocenters. The summed E-state index contributed by atoms with van der Waals surface area (Å²) in [6, 6.07) is 8.63. The highest BCUT2D eigenvalue weighted by atomic mass is 16.5. The fourth-order valence-electron chi connectivity index (χ4n) is 1.68. The van der Waals surface area contributed by atoms with Gasteiger partial charge < -0.3 is 20.5 Å². The first-order valence-electron chi connectivity index (χ1n) is 6.58. The van der Waals surface area contributed by atoms with Crippen molar-refractivity contribution in [3.05, 3.63) is 35.9 Å². The number of hydrogen-bond donors (Lipinski definition) is 3. The summed E-state index contributed by atoms with van der Waals surface area (Å²) in [5.74, 6) is -1.07. The predicted molar refractivity (Wildman–Crippen MR) is 72.2 cm³/mol. The molecule has 3 N–H and O–H groups in total. The fourth-order valence-corrected chi connectivity index (χ4v) is 1.68. The van der Waals surface area contributed by atoms with Crippen molar-refractivity contribution in [3.63, 3.8) is 0 Å². The number of rotatable bonds is 7. The first-order valence-corrected chi connectivity index (χ1v) is 6.58. The number of amides is 1. The molecule has 108 valence electrons. The molecule has 2 rings (SSSR count). The van der Waals surface area contributed by atoms with Crippen LogP contribution in [0.5, 0.6) is 0 Å². The molecule has 0 spiro atoms. The smallest absolute Gasteiger partial charge is 0.408 e. The molecule has 0 saturated heterocycles. The zero-order valence-electron chi connectivity index (χ0n) is 11.0. The van der Waals surface area contributed by atoms with Crippen molar-refractivity contribution in [2.75, 3.05) is 6.54 Å². The summed E-state index contributed by atoms with van der Waals surface area (Å²) in [6.45, 7) is 0.329. The van der Waals surface area contributed by atoms with E-state index in [4.69, 9.17) is 9.84 Å². The molecule has 20 heavy (non-hydrogen) atoms. The van der Waals surface area contributed by atoms with Crippen LogP contribution in [0, 0.1) is 0 Å². The molecular weight excluding hydrogens is 260 g/mol. The molecule has 6 heteroatoms. The maximum Gasteiger partial charge on any atom is 0.408 e. The number of ether oxygens (including phenoxy) is 1. The number of carbonyl (C=O) groups excluding carboxylic acids is 1. The van der Waals surface area contributed by atoms with Gasteiger partial charge in [-0.25, -0.2) is 9.59 Å². The minimum Gasteiger partial charge on any atom is -0.480 e. The third kappa shape index (κ3) is 4.89. The molecule has 0 aliphatic heterocycles. The van der Waals surface area contributed by atoms with Crippen LogP contribution in [0.2, 0.25) is 0 Å². The second kappa shape index (κ2) is 6.91. The average molecular weight is 278 g/mol. The molecule has 1 unspecified atom stereocenters. The van der Waals surface area contributed by atoms with Gasteiger partial charge >= 0.3 is 12.1 Å². The average Bonchev–Trinajstić information content (AvgIpc) is 3.26. The van der Waals surface area contributed by atoms with E-state index in [2.05, 4.69) is 10.6 Å². The van der Waals surface area contributed by atoms with Gasteiger partial charge in [0.05, 0.1) is 0 Å². The summed E-state index contributed by atoms with van der Waals surface area (Å²) in [5.41, 5.74) is 0.852. The van der Waals surface area contributed by atoms with Crippen molar-refractivity contribution in [2.45, 2.75) is 31.5 Å². The van der Waals surface area contributed by atoms with Gasteiger partial charge in [-0.1, -0.05) is 30.3 Å². The Morgan fingerprint density at radius 2 is 2.00 bits per heavy atom. The maximum atomic E-state index is 11.6. The van der Waals surface area contributed by atoms with Crippen LogP contribution in [0.25, 0.3) is 0 Å². The summed E-state index contributed by atoms with van der Waals surface area (Å²) in [6.07, 6.45) is 1.40. The van der Waals surface area contributed by atoms with Crippen LogP contribution in [0.1, 0.15) is 18.4 Å². The monoisotopic (exact) mass is 278 g/mol. The molecular formula is C14H18N2O4. The van der Waals surface area contributed by atoms with Gasteiger partial charge in [0.2, 0.25) is 0 Å². The highest BCUT2D eigenvalue weighted by Crippen LogP contribution is 2.18. The lowest BCUT2D eigenvalue weighted by Crippen LogP contribution is -2.47. The van der Waals surface area contributed by atoms with E-state index in [1.807, 2.05) is 30.3 Å². The van der Waals surface area contributed by atoms with Crippen molar-refractivity contribution >= 4 is 12.1 Å². The Bertz CT molecular complexity index is 460. The minimum absolute atomic E-state index is 0.120. The molecule has 1 amide bonds. The SMILES string of the molecule is O=C(NC(CNC1CC1)C(=O)O)OCc1ccccc1. The summed E-state index contributed by atoms with van der Waals surface area (Å²) in [5, 5.41) is 14.4. The van der Waals surface area contributed by atoms with Gasteiger partial charge in [0.15, 0.2) is 0 Å². The normalized spacial score (nSPS) is 15.4. The van der Waals surface area contributed by atoms with Gasteiger partial charge in [0.25, 0.3) is 0 Å². The van der Waals surface area contributed by atoms with Crippen LogP contribution in [-0.4, -0.2) is 35.8 Å². The first-order chi connectivity index (χ1) is 9.65. The van der Waals surface area contributed by atoms with Gasteiger partial charge in [-0.3, -0.25) is 0 Å². The number of hydrogen-bond acceptors (Lipinski definition) is 4. The minimum atomic E-state index is -1.07. The van der Waals surface area contributed by atoms with Crippen LogP contribution < -0.4 is 10.6 Å². The molecule has 6 nitrogen and oxygen atoms in total. The molecule has 0 heterocycles. The van der Waals surface area contributed by atoms with Gasteiger partial charge in [0.1, 0.15) is 12.6 Å². The number of nitrogens with one attached hydrogen (secondary N) is 2. The number of benzene rings is 1. The van der Waals surface area contributed by atoms with E-state index in [0.717, 1.165) is 18.4 Å². The third-order valence-corrected chi connectivity index (χ3v) is 2.99. The summed E-state index contributed by atoms with van der Waals surface area (Å²) >= 11 is 0.